The smallest absolute Gasteiger partial charge is 0.293 e. The fraction of sp³-hybridized carbons (Fsp3) is 0.250. The number of hydrogen-bond donors (Lipinski definition) is 2. The third-order valence-electron chi connectivity index (χ3n) is 5.78. The van der Waals surface area contributed by atoms with Crippen molar-refractivity contribution < 1.29 is 23.4 Å². The van der Waals surface area contributed by atoms with E-state index in [2.05, 4.69) is 25.3 Å². The van der Waals surface area contributed by atoms with E-state index < -0.39 is 5.82 Å². The molecule has 2 heterocycles. The van der Waals surface area contributed by atoms with Crippen molar-refractivity contribution in [3.05, 3.63) is 83.4 Å². The van der Waals surface area contributed by atoms with Crippen molar-refractivity contribution in [2.24, 2.45) is 0 Å². The molecule has 8 nitrogen and oxygen atoms in total. The van der Waals surface area contributed by atoms with E-state index in [0.717, 1.165) is 40.8 Å². The number of halogens is 2. The lowest BCUT2D eigenvalue weighted by Gasteiger charge is -2.30. The molecule has 1 aliphatic rings. The van der Waals surface area contributed by atoms with Crippen molar-refractivity contribution in [2.75, 3.05) is 38.7 Å². The van der Waals surface area contributed by atoms with Gasteiger partial charge in [0, 0.05) is 37.2 Å². The Balaban J connectivity index is 0.000000283. The maximum absolute atomic E-state index is 13.6. The van der Waals surface area contributed by atoms with Crippen molar-refractivity contribution in [1.29, 1.82) is 0 Å². The molecular weight excluding hydrogens is 511 g/mol. The molecule has 0 unspecified atom stereocenters. The van der Waals surface area contributed by atoms with E-state index in [0.29, 0.717) is 43.8 Å². The second kappa shape index (κ2) is 13.7. The maximum atomic E-state index is 13.6. The zero-order valence-electron chi connectivity index (χ0n) is 20.8. The number of aromatic nitrogens is 2. The molecule has 38 heavy (non-hydrogen) atoms. The number of nitrogens with zero attached hydrogens (tertiary/aromatic N) is 2. The first-order chi connectivity index (χ1) is 18.6. The van der Waals surface area contributed by atoms with Gasteiger partial charge in [0.05, 0.1) is 34.6 Å². The molecular formula is C28H28ClFN4O4. The van der Waals surface area contributed by atoms with Crippen LogP contribution in [0.15, 0.2) is 67.0 Å². The number of anilines is 1. The number of methoxy groups -OCH3 is 1. The van der Waals surface area contributed by atoms with Crippen LogP contribution in [0.5, 0.6) is 5.75 Å². The van der Waals surface area contributed by atoms with Gasteiger partial charge in [-0.3, -0.25) is 4.79 Å². The Morgan fingerprint density at radius 3 is 2.61 bits per heavy atom. The van der Waals surface area contributed by atoms with Crippen LogP contribution in [0.4, 0.5) is 10.1 Å². The van der Waals surface area contributed by atoms with Gasteiger partial charge in [-0.25, -0.2) is 14.4 Å². The number of rotatable bonds is 10. The first-order valence-corrected chi connectivity index (χ1v) is 12.4. The molecule has 4 aromatic rings. The number of hydrogen-bond acceptors (Lipinski definition) is 8. The molecule has 0 spiro atoms. The Kier molecular flexibility index (Phi) is 9.80. The predicted octanol–water partition coefficient (Wildman–Crippen LogP) is 4.86. The predicted molar refractivity (Wildman–Crippen MR) is 145 cm³/mol. The van der Waals surface area contributed by atoms with Gasteiger partial charge in [-0.1, -0.05) is 41.9 Å². The number of ether oxygens (including phenoxy) is 3. The molecule has 198 valence electrons. The lowest BCUT2D eigenvalue weighted by molar-refractivity contribution is -0.129. The van der Waals surface area contributed by atoms with Crippen LogP contribution in [-0.4, -0.2) is 55.9 Å². The molecule has 1 aromatic heterocycles. The largest absolute Gasteiger partial charge is 0.489 e. The van der Waals surface area contributed by atoms with Gasteiger partial charge in [0.2, 0.25) is 0 Å². The van der Waals surface area contributed by atoms with Crippen LogP contribution in [0, 0.1) is 5.82 Å². The molecule has 0 saturated carbocycles. The third-order valence-corrected chi connectivity index (χ3v) is 6.07. The van der Waals surface area contributed by atoms with Crippen LogP contribution < -0.4 is 15.4 Å². The summed E-state index contributed by atoms with van der Waals surface area (Å²) in [5, 5.41) is 7.63. The highest BCUT2D eigenvalue weighted by Crippen LogP contribution is 2.35. The molecule has 1 aliphatic heterocycles. The quantitative estimate of drug-likeness (QED) is 0.218. The molecule has 1 fully saturated rings. The lowest BCUT2D eigenvalue weighted by Crippen LogP contribution is -2.51. The van der Waals surface area contributed by atoms with Crippen molar-refractivity contribution in [3.8, 4) is 17.0 Å². The van der Waals surface area contributed by atoms with Gasteiger partial charge >= 0.3 is 0 Å². The van der Waals surface area contributed by atoms with Crippen LogP contribution in [0.2, 0.25) is 5.02 Å². The summed E-state index contributed by atoms with van der Waals surface area (Å²) >= 11 is 5.97. The standard InChI is InChI=1S/C20H20ClFN4O2.C8H8O2/c1-27-4-5-28-19-8-17-14(7-18(19)26-13-9-23-10-13)20(25-11-24-17)12-2-3-16(22)15(21)6-12;9-7-10-6-8-4-2-1-3-5-8/h2-3,6-8,11,13,23,26H,4-5,9-10H2,1H3;1-5,7H,6H2. The third kappa shape index (κ3) is 7.16. The second-order valence-electron chi connectivity index (χ2n) is 8.45. The summed E-state index contributed by atoms with van der Waals surface area (Å²) < 4.78 is 29.1. The summed E-state index contributed by atoms with van der Waals surface area (Å²) in [4.78, 5) is 18.6. The molecule has 0 aliphatic carbocycles. The summed E-state index contributed by atoms with van der Waals surface area (Å²) in [5.41, 5.74) is 4.01. The highest BCUT2D eigenvalue weighted by Gasteiger charge is 2.20. The Hall–Kier alpha value is -3.79. The van der Waals surface area contributed by atoms with Crippen LogP contribution in [0.3, 0.4) is 0 Å². The first-order valence-electron chi connectivity index (χ1n) is 12.0. The fourth-order valence-electron chi connectivity index (χ4n) is 3.74. The Morgan fingerprint density at radius 1 is 1.11 bits per heavy atom. The van der Waals surface area contributed by atoms with E-state index >= 15 is 0 Å². The van der Waals surface area contributed by atoms with Crippen LogP contribution in [0.1, 0.15) is 5.56 Å². The molecule has 3 aromatic carbocycles. The van der Waals surface area contributed by atoms with E-state index in [1.165, 1.54) is 12.4 Å². The lowest BCUT2D eigenvalue weighted by atomic mass is 10.0. The van der Waals surface area contributed by atoms with Gasteiger partial charge in [-0.2, -0.15) is 0 Å². The van der Waals surface area contributed by atoms with E-state index in [1.54, 1.807) is 19.2 Å². The number of carbonyl (C=O) groups is 1. The molecule has 0 atom stereocenters. The van der Waals surface area contributed by atoms with Crippen LogP contribution >= 0.6 is 11.6 Å². The minimum Gasteiger partial charge on any atom is -0.489 e. The van der Waals surface area contributed by atoms with Gasteiger partial charge in [0.1, 0.15) is 31.1 Å². The molecule has 10 heteroatoms. The van der Waals surface area contributed by atoms with E-state index in [4.69, 9.17) is 21.1 Å². The average Bonchev–Trinajstić information content (AvgIpc) is 2.92. The molecule has 0 bridgehead atoms. The van der Waals surface area contributed by atoms with E-state index in [9.17, 15) is 9.18 Å². The Morgan fingerprint density at radius 2 is 1.92 bits per heavy atom. The molecule has 2 N–H and O–H groups in total. The SMILES string of the molecule is COCCOc1cc2ncnc(-c3ccc(F)c(Cl)c3)c2cc1NC1CNC1.O=COCc1ccccc1. The van der Waals surface area contributed by atoms with Gasteiger partial charge < -0.3 is 24.8 Å². The van der Waals surface area contributed by atoms with Gasteiger partial charge in [-0.05, 0) is 29.8 Å². The van der Waals surface area contributed by atoms with Crippen molar-refractivity contribution in [1.82, 2.24) is 15.3 Å². The maximum Gasteiger partial charge on any atom is 0.293 e. The number of benzene rings is 3. The molecule has 5 rings (SSSR count). The average molecular weight is 539 g/mol. The minimum absolute atomic E-state index is 0.0580. The van der Waals surface area contributed by atoms with E-state index in [-0.39, 0.29) is 5.02 Å². The number of fused-ring (bicyclic) bond motifs is 1. The van der Waals surface area contributed by atoms with Crippen molar-refractivity contribution in [2.45, 2.75) is 12.6 Å². The minimum atomic E-state index is -0.461. The summed E-state index contributed by atoms with van der Waals surface area (Å²) in [5.74, 6) is 0.246. The van der Waals surface area contributed by atoms with Gasteiger partial charge in [0.15, 0.2) is 0 Å². The van der Waals surface area contributed by atoms with Crippen LogP contribution in [0.25, 0.3) is 22.2 Å². The number of nitrogens with one attached hydrogen (secondary N) is 2. The highest BCUT2D eigenvalue weighted by molar-refractivity contribution is 6.31. The van der Waals surface area contributed by atoms with Crippen LogP contribution in [-0.2, 0) is 20.9 Å². The molecule has 0 radical (unpaired) electrons. The summed E-state index contributed by atoms with van der Waals surface area (Å²) in [6, 6.07) is 18.3. The van der Waals surface area contributed by atoms with Crippen molar-refractivity contribution in [3.63, 3.8) is 0 Å². The normalized spacial score (nSPS) is 12.7. The molecule has 1 saturated heterocycles. The van der Waals surface area contributed by atoms with Crippen molar-refractivity contribution >= 4 is 34.7 Å². The number of carbonyl (C=O) groups excluding carboxylic acids is 1. The summed E-state index contributed by atoms with van der Waals surface area (Å²) in [6.07, 6.45) is 1.48. The van der Waals surface area contributed by atoms with Gasteiger partial charge in [-0.15, -0.1) is 0 Å². The Labute approximate surface area is 225 Å². The monoisotopic (exact) mass is 538 g/mol. The fourth-order valence-corrected chi connectivity index (χ4v) is 3.92. The topological polar surface area (TPSA) is 94.6 Å². The van der Waals surface area contributed by atoms with Gasteiger partial charge in [0.25, 0.3) is 6.47 Å². The zero-order chi connectivity index (χ0) is 26.7. The van der Waals surface area contributed by atoms with E-state index in [1.807, 2.05) is 42.5 Å². The highest BCUT2D eigenvalue weighted by atomic mass is 35.5. The summed E-state index contributed by atoms with van der Waals surface area (Å²) in [7, 11) is 1.64. The summed E-state index contributed by atoms with van der Waals surface area (Å²) in [6.45, 7) is 3.52. The zero-order valence-corrected chi connectivity index (χ0v) is 21.6. The second-order valence-corrected chi connectivity index (χ2v) is 8.86. The first kappa shape index (κ1) is 27.3. The Bertz CT molecular complexity index is 1360. The molecule has 0 amide bonds.